The molecule has 4 aromatic heterocycles. The van der Waals surface area contributed by atoms with E-state index in [1.807, 2.05) is 47.5 Å². The quantitative estimate of drug-likeness (QED) is 0.301. The minimum atomic E-state index is -4.26. The number of piperazine rings is 1. The van der Waals surface area contributed by atoms with Gasteiger partial charge in [-0.3, -0.25) is 19.5 Å². The van der Waals surface area contributed by atoms with Crippen molar-refractivity contribution in [1.82, 2.24) is 29.5 Å². The predicted octanol–water partition coefficient (Wildman–Crippen LogP) is 4.70. The molecule has 5 rings (SSSR count). The molecule has 0 aliphatic carbocycles. The van der Waals surface area contributed by atoms with Gasteiger partial charge in [0, 0.05) is 66.7 Å². The van der Waals surface area contributed by atoms with E-state index >= 15 is 0 Å². The third-order valence-electron chi connectivity index (χ3n) is 8.05. The number of rotatable bonds is 8. The molecule has 0 spiro atoms. The number of nitrogens with one attached hydrogen (secondary N) is 2. The van der Waals surface area contributed by atoms with E-state index in [1.54, 1.807) is 25.3 Å². The summed E-state index contributed by atoms with van der Waals surface area (Å²) < 4.78 is 46.3. The summed E-state index contributed by atoms with van der Waals surface area (Å²) in [5.41, 5.74) is 6.22. The number of fused-ring (bicyclic) bond motifs is 1. The Balaban J connectivity index is 1.54. The van der Waals surface area contributed by atoms with Crippen LogP contribution in [0.15, 0.2) is 54.1 Å². The van der Waals surface area contributed by atoms with Gasteiger partial charge >= 0.3 is 6.18 Å². The summed E-state index contributed by atoms with van der Waals surface area (Å²) in [4.78, 5) is 36.9. The van der Waals surface area contributed by atoms with Crippen LogP contribution in [0.5, 0.6) is 5.75 Å². The maximum Gasteiger partial charge on any atom is 0.401 e. The molecule has 2 N–H and O–H groups in total. The standard InChI is InChI=1S/C32H35F3N6O3/c1-19-15-28(44-5)26(31(43)38-19)17-37-30(42)25-16-27-24(23-7-6-9-36-21(23)3)8-10-41(27)29(20(25)2)22(4)40-13-11-39(12-14-40)18-32(33,34)35/h6-10,15-16H,4,11-14,17-18H2,1-3,5H3,(H,37,42)(H,38,43). The molecular weight excluding hydrogens is 573 g/mol. The van der Waals surface area contributed by atoms with E-state index in [0.717, 1.165) is 22.3 Å². The Morgan fingerprint density at radius 1 is 1.11 bits per heavy atom. The van der Waals surface area contributed by atoms with Gasteiger partial charge in [0.2, 0.25) is 0 Å². The average Bonchev–Trinajstić information content (AvgIpc) is 3.38. The van der Waals surface area contributed by atoms with E-state index in [9.17, 15) is 22.8 Å². The van der Waals surface area contributed by atoms with Gasteiger partial charge in [-0.2, -0.15) is 13.2 Å². The number of aryl methyl sites for hydroxylation is 2. The highest BCUT2D eigenvalue weighted by atomic mass is 19.4. The van der Waals surface area contributed by atoms with Gasteiger partial charge in [-0.15, -0.1) is 0 Å². The van der Waals surface area contributed by atoms with Gasteiger partial charge < -0.3 is 24.3 Å². The van der Waals surface area contributed by atoms with Crippen LogP contribution < -0.4 is 15.6 Å². The fourth-order valence-corrected chi connectivity index (χ4v) is 5.81. The number of aromatic amines is 1. The van der Waals surface area contributed by atoms with Gasteiger partial charge in [-0.25, -0.2) is 0 Å². The Labute approximate surface area is 253 Å². The molecule has 0 atom stereocenters. The van der Waals surface area contributed by atoms with Crippen molar-refractivity contribution in [3.63, 3.8) is 0 Å². The average molecular weight is 609 g/mol. The van der Waals surface area contributed by atoms with E-state index < -0.39 is 18.6 Å². The summed E-state index contributed by atoms with van der Waals surface area (Å²) in [6, 6.07) is 9.26. The normalized spacial score (nSPS) is 14.2. The van der Waals surface area contributed by atoms with Crippen LogP contribution in [-0.4, -0.2) is 76.1 Å². The summed E-state index contributed by atoms with van der Waals surface area (Å²) in [6.45, 7) is 10.0. The number of H-pyrrole nitrogens is 1. The number of hydrogen-bond donors (Lipinski definition) is 2. The zero-order valence-corrected chi connectivity index (χ0v) is 25.1. The number of amides is 1. The lowest BCUT2D eigenvalue weighted by Crippen LogP contribution is -2.48. The molecule has 1 aliphatic heterocycles. The molecular formula is C32H35F3N6O3. The molecule has 1 fully saturated rings. The molecule has 0 unspecified atom stereocenters. The topological polar surface area (TPSA) is 95.0 Å². The van der Waals surface area contributed by atoms with Crippen molar-refractivity contribution >= 4 is 17.1 Å². The van der Waals surface area contributed by atoms with Crippen LogP contribution in [0.1, 0.15) is 38.6 Å². The maximum absolute atomic E-state index is 13.8. The van der Waals surface area contributed by atoms with E-state index in [0.29, 0.717) is 52.6 Å². The largest absolute Gasteiger partial charge is 0.496 e. The molecule has 44 heavy (non-hydrogen) atoms. The van der Waals surface area contributed by atoms with Crippen molar-refractivity contribution in [2.24, 2.45) is 0 Å². The summed E-state index contributed by atoms with van der Waals surface area (Å²) in [5.74, 6) is -0.0236. The number of aromatic nitrogens is 3. The van der Waals surface area contributed by atoms with Gasteiger partial charge in [-0.1, -0.05) is 12.6 Å². The van der Waals surface area contributed by atoms with Crippen LogP contribution in [0.3, 0.4) is 0 Å². The summed E-state index contributed by atoms with van der Waals surface area (Å²) in [6.07, 6.45) is -0.640. The van der Waals surface area contributed by atoms with Gasteiger partial charge in [0.15, 0.2) is 0 Å². The van der Waals surface area contributed by atoms with Crippen molar-refractivity contribution in [1.29, 1.82) is 0 Å². The van der Waals surface area contributed by atoms with Crippen molar-refractivity contribution in [3.8, 4) is 16.9 Å². The summed E-state index contributed by atoms with van der Waals surface area (Å²) >= 11 is 0. The Bertz CT molecular complexity index is 1780. The van der Waals surface area contributed by atoms with Gasteiger partial charge in [-0.05, 0) is 50.6 Å². The predicted molar refractivity (Wildman–Crippen MR) is 163 cm³/mol. The first kappa shape index (κ1) is 30.9. The number of nitrogens with zero attached hydrogens (tertiary/aromatic N) is 4. The Morgan fingerprint density at radius 3 is 2.50 bits per heavy atom. The lowest BCUT2D eigenvalue weighted by Gasteiger charge is -2.37. The highest BCUT2D eigenvalue weighted by Crippen LogP contribution is 2.34. The zero-order valence-electron chi connectivity index (χ0n) is 25.1. The number of halogens is 3. The second-order valence-corrected chi connectivity index (χ2v) is 11.0. The highest BCUT2D eigenvalue weighted by molar-refractivity contribution is 5.99. The number of alkyl halides is 3. The first-order chi connectivity index (χ1) is 20.9. The van der Waals surface area contributed by atoms with Gasteiger partial charge in [0.05, 0.1) is 42.7 Å². The molecule has 0 aromatic carbocycles. The van der Waals surface area contributed by atoms with E-state index in [1.165, 1.54) is 12.0 Å². The molecule has 5 heterocycles. The molecule has 232 valence electrons. The minimum Gasteiger partial charge on any atom is -0.496 e. The van der Waals surface area contributed by atoms with Crippen molar-refractivity contribution in [2.45, 2.75) is 33.5 Å². The second-order valence-electron chi connectivity index (χ2n) is 11.0. The van der Waals surface area contributed by atoms with Crippen molar-refractivity contribution in [3.05, 3.63) is 93.4 Å². The molecule has 1 amide bonds. The van der Waals surface area contributed by atoms with E-state index in [2.05, 4.69) is 21.9 Å². The number of carbonyl (C=O) groups is 1. The van der Waals surface area contributed by atoms with Crippen LogP contribution in [0.25, 0.3) is 22.3 Å². The monoisotopic (exact) mass is 608 g/mol. The highest BCUT2D eigenvalue weighted by Gasteiger charge is 2.33. The first-order valence-corrected chi connectivity index (χ1v) is 14.2. The number of pyridine rings is 3. The molecule has 9 nitrogen and oxygen atoms in total. The Kier molecular flexibility index (Phi) is 8.55. The Hall–Kier alpha value is -4.58. The number of hydrogen-bond acceptors (Lipinski definition) is 6. The lowest BCUT2D eigenvalue weighted by molar-refractivity contribution is -0.148. The van der Waals surface area contributed by atoms with Crippen LogP contribution in [0.2, 0.25) is 0 Å². The van der Waals surface area contributed by atoms with E-state index in [4.69, 9.17) is 4.74 Å². The molecule has 1 aliphatic rings. The fraction of sp³-hybridized carbons (Fsp3) is 0.344. The van der Waals surface area contributed by atoms with E-state index in [-0.39, 0.29) is 25.2 Å². The summed E-state index contributed by atoms with van der Waals surface area (Å²) in [7, 11) is 1.47. The number of carbonyl (C=O) groups excluding carboxylic acids is 1. The molecule has 12 heteroatoms. The number of methoxy groups -OCH3 is 1. The maximum atomic E-state index is 13.8. The number of ether oxygens (including phenoxy) is 1. The molecule has 0 saturated carbocycles. The smallest absolute Gasteiger partial charge is 0.401 e. The SMILES string of the molecule is C=C(c1c(C)c(C(=O)NCc2c(OC)cc(C)[nH]c2=O)cc2c(-c3cccnc3C)ccn12)N1CCN(CC(F)(F)F)CC1. The third kappa shape index (κ3) is 6.21. The second kappa shape index (κ2) is 12.2. The molecule has 0 bridgehead atoms. The zero-order chi connectivity index (χ0) is 31.8. The van der Waals surface area contributed by atoms with Crippen LogP contribution in [0.4, 0.5) is 13.2 Å². The summed E-state index contributed by atoms with van der Waals surface area (Å²) in [5, 5.41) is 2.87. The van der Waals surface area contributed by atoms with Crippen LogP contribution in [-0.2, 0) is 6.54 Å². The van der Waals surface area contributed by atoms with Crippen LogP contribution in [0, 0.1) is 20.8 Å². The van der Waals surface area contributed by atoms with Crippen LogP contribution >= 0.6 is 0 Å². The van der Waals surface area contributed by atoms with Gasteiger partial charge in [0.25, 0.3) is 11.5 Å². The lowest BCUT2D eigenvalue weighted by atomic mass is 10.00. The third-order valence-corrected chi connectivity index (χ3v) is 8.05. The molecule has 4 aromatic rings. The minimum absolute atomic E-state index is 0.0603. The first-order valence-electron chi connectivity index (χ1n) is 14.2. The van der Waals surface area contributed by atoms with Gasteiger partial charge in [0.1, 0.15) is 5.75 Å². The van der Waals surface area contributed by atoms with Crippen molar-refractivity contribution in [2.75, 3.05) is 39.8 Å². The Morgan fingerprint density at radius 2 is 1.84 bits per heavy atom. The fourth-order valence-electron chi connectivity index (χ4n) is 5.81. The van der Waals surface area contributed by atoms with Crippen molar-refractivity contribution < 1.29 is 22.7 Å². The molecule has 1 saturated heterocycles. The molecule has 0 radical (unpaired) electrons.